The summed E-state index contributed by atoms with van der Waals surface area (Å²) in [5.74, 6) is -0.499. The fourth-order valence-electron chi connectivity index (χ4n) is 1.68. The number of carbonyl (C=O) groups is 1. The van der Waals surface area contributed by atoms with Crippen LogP contribution in [0, 0.1) is 0 Å². The quantitative estimate of drug-likeness (QED) is 0.471. The van der Waals surface area contributed by atoms with Gasteiger partial charge in [0.1, 0.15) is 5.75 Å². The van der Waals surface area contributed by atoms with Crippen LogP contribution < -0.4 is 15.9 Å². The number of hydrogen-bond donors (Lipinski definition) is 2. The first-order valence-corrected chi connectivity index (χ1v) is 7.18. The third kappa shape index (κ3) is 5.03. The van der Waals surface area contributed by atoms with E-state index >= 15 is 0 Å². The molecule has 0 saturated heterocycles. The molecule has 0 aliphatic rings. The molecular weight excluding hydrogens is 372 g/mol. The number of benzene rings is 2. The zero-order valence-corrected chi connectivity index (χ0v) is 13.3. The van der Waals surface area contributed by atoms with Gasteiger partial charge in [0.15, 0.2) is 0 Å². The lowest BCUT2D eigenvalue weighted by Gasteiger charge is -2.08. The molecule has 0 atom stereocenters. The van der Waals surface area contributed by atoms with Crippen molar-refractivity contribution in [2.45, 2.75) is 6.61 Å². The largest absolute Gasteiger partial charge is 0.434 e. The van der Waals surface area contributed by atoms with Crippen molar-refractivity contribution in [1.82, 2.24) is 5.43 Å². The number of nitrogens with two attached hydrogens (primary N) is 1. The molecule has 0 radical (unpaired) electrons. The van der Waals surface area contributed by atoms with Crippen molar-refractivity contribution >= 4 is 33.7 Å². The van der Waals surface area contributed by atoms with Crippen LogP contribution in [0.4, 0.5) is 14.5 Å². The van der Waals surface area contributed by atoms with E-state index in [1.54, 1.807) is 30.3 Å². The molecule has 5 nitrogen and oxygen atoms in total. The van der Waals surface area contributed by atoms with Crippen molar-refractivity contribution < 1.29 is 18.3 Å². The summed E-state index contributed by atoms with van der Waals surface area (Å²) in [4.78, 5) is 11.8. The summed E-state index contributed by atoms with van der Waals surface area (Å²) in [6, 6.07) is 10.7. The third-order valence-electron chi connectivity index (χ3n) is 2.73. The van der Waals surface area contributed by atoms with Gasteiger partial charge in [0.25, 0.3) is 5.91 Å². The summed E-state index contributed by atoms with van der Waals surface area (Å²) in [6.07, 6.45) is 1.22. The van der Waals surface area contributed by atoms with E-state index in [0.717, 1.165) is 0 Å². The standard InChI is InChI=1S/C15H12BrF2N3O2/c16-11-3-6-13(23-15(17)18)10(7-11)8-20-21-14(22)9-1-4-12(19)5-2-9/h1-8,15H,19H2,(H,21,22)/b20-8-. The van der Waals surface area contributed by atoms with Gasteiger partial charge in [-0.3, -0.25) is 4.79 Å². The summed E-state index contributed by atoms with van der Waals surface area (Å²) in [5.41, 5.74) is 9.03. The normalized spacial score (nSPS) is 11.0. The molecule has 23 heavy (non-hydrogen) atoms. The minimum absolute atomic E-state index is 0.0475. The summed E-state index contributed by atoms with van der Waals surface area (Å²) >= 11 is 3.22. The van der Waals surface area contributed by atoms with Crippen LogP contribution in [0.5, 0.6) is 5.75 Å². The van der Waals surface area contributed by atoms with E-state index in [-0.39, 0.29) is 11.3 Å². The average Bonchev–Trinajstić information content (AvgIpc) is 2.50. The Morgan fingerprint density at radius 3 is 2.61 bits per heavy atom. The van der Waals surface area contributed by atoms with E-state index in [9.17, 15) is 13.6 Å². The van der Waals surface area contributed by atoms with Crippen molar-refractivity contribution in [1.29, 1.82) is 0 Å². The molecule has 0 fully saturated rings. The maximum absolute atomic E-state index is 12.3. The smallest absolute Gasteiger partial charge is 0.387 e. The Morgan fingerprint density at radius 1 is 1.26 bits per heavy atom. The Morgan fingerprint density at radius 2 is 1.96 bits per heavy atom. The summed E-state index contributed by atoms with van der Waals surface area (Å²) in [6.45, 7) is -2.95. The minimum Gasteiger partial charge on any atom is -0.434 e. The highest BCUT2D eigenvalue weighted by atomic mass is 79.9. The summed E-state index contributed by atoms with van der Waals surface area (Å²) < 4.78 is 29.7. The van der Waals surface area contributed by atoms with E-state index in [2.05, 4.69) is 31.2 Å². The van der Waals surface area contributed by atoms with E-state index in [1.165, 1.54) is 18.3 Å². The molecule has 0 unspecified atom stereocenters. The van der Waals surface area contributed by atoms with Gasteiger partial charge in [0.05, 0.1) is 6.21 Å². The second-order valence-electron chi connectivity index (χ2n) is 4.38. The molecule has 8 heteroatoms. The zero-order chi connectivity index (χ0) is 16.8. The van der Waals surface area contributed by atoms with E-state index in [0.29, 0.717) is 15.7 Å². The van der Waals surface area contributed by atoms with Crippen molar-refractivity contribution in [3.8, 4) is 5.75 Å². The molecule has 2 aromatic rings. The Bertz CT molecular complexity index is 721. The fourth-order valence-corrected chi connectivity index (χ4v) is 2.06. The maximum Gasteiger partial charge on any atom is 0.387 e. The number of amides is 1. The first-order chi connectivity index (χ1) is 11.0. The average molecular weight is 384 g/mol. The predicted octanol–water partition coefficient (Wildman–Crippen LogP) is 3.40. The van der Waals surface area contributed by atoms with Crippen LogP contribution in [0.1, 0.15) is 15.9 Å². The summed E-state index contributed by atoms with van der Waals surface area (Å²) in [7, 11) is 0. The first-order valence-electron chi connectivity index (χ1n) is 6.39. The molecule has 3 N–H and O–H groups in total. The molecule has 2 aromatic carbocycles. The number of nitrogens with zero attached hydrogens (tertiary/aromatic N) is 1. The van der Waals surface area contributed by atoms with Gasteiger partial charge in [-0.1, -0.05) is 15.9 Å². The highest BCUT2D eigenvalue weighted by Crippen LogP contribution is 2.23. The molecule has 2 rings (SSSR count). The maximum atomic E-state index is 12.3. The number of halogens is 3. The number of hydrogen-bond acceptors (Lipinski definition) is 4. The van der Waals surface area contributed by atoms with Crippen LogP contribution in [-0.4, -0.2) is 18.7 Å². The van der Waals surface area contributed by atoms with Crippen LogP contribution in [0.3, 0.4) is 0 Å². The van der Waals surface area contributed by atoms with E-state index in [1.807, 2.05) is 0 Å². The van der Waals surface area contributed by atoms with Gasteiger partial charge < -0.3 is 10.5 Å². The molecule has 0 spiro atoms. The number of alkyl halides is 2. The van der Waals surface area contributed by atoms with Gasteiger partial charge in [-0.25, -0.2) is 5.43 Å². The van der Waals surface area contributed by atoms with Gasteiger partial charge in [-0.05, 0) is 42.5 Å². The van der Waals surface area contributed by atoms with Crippen molar-refractivity contribution in [3.05, 3.63) is 58.1 Å². The van der Waals surface area contributed by atoms with Gasteiger partial charge >= 0.3 is 6.61 Å². The Labute approximate surface area is 139 Å². The lowest BCUT2D eigenvalue weighted by atomic mass is 10.2. The van der Waals surface area contributed by atoms with Gasteiger partial charge in [-0.2, -0.15) is 13.9 Å². The number of rotatable bonds is 5. The minimum atomic E-state index is -2.95. The monoisotopic (exact) mass is 383 g/mol. The molecule has 120 valence electrons. The SMILES string of the molecule is Nc1ccc(C(=O)N/N=C\c2cc(Br)ccc2OC(F)F)cc1. The molecular formula is C15H12BrF2N3O2. The van der Waals surface area contributed by atoms with Crippen LogP contribution in [0.25, 0.3) is 0 Å². The molecule has 0 aliphatic heterocycles. The van der Waals surface area contributed by atoms with Crippen molar-refractivity contribution in [2.24, 2.45) is 5.10 Å². The fraction of sp³-hybridized carbons (Fsp3) is 0.0667. The van der Waals surface area contributed by atoms with Gasteiger partial charge in [0, 0.05) is 21.3 Å². The molecule has 0 aromatic heterocycles. The van der Waals surface area contributed by atoms with Crippen molar-refractivity contribution in [3.63, 3.8) is 0 Å². The lowest BCUT2D eigenvalue weighted by Crippen LogP contribution is -2.17. The molecule has 0 saturated carbocycles. The summed E-state index contributed by atoms with van der Waals surface area (Å²) in [5, 5.41) is 3.75. The van der Waals surface area contributed by atoms with Gasteiger partial charge in [-0.15, -0.1) is 0 Å². The zero-order valence-electron chi connectivity index (χ0n) is 11.7. The number of carbonyl (C=O) groups excluding carboxylic acids is 1. The molecule has 0 bridgehead atoms. The second-order valence-corrected chi connectivity index (χ2v) is 5.30. The topological polar surface area (TPSA) is 76.7 Å². The van der Waals surface area contributed by atoms with E-state index in [4.69, 9.17) is 5.73 Å². The van der Waals surface area contributed by atoms with Crippen LogP contribution in [0.15, 0.2) is 52.0 Å². The van der Waals surface area contributed by atoms with Crippen LogP contribution in [0.2, 0.25) is 0 Å². The molecule has 0 aliphatic carbocycles. The number of nitrogens with one attached hydrogen (secondary N) is 1. The Kier molecular flexibility index (Phi) is 5.64. The number of anilines is 1. The van der Waals surface area contributed by atoms with E-state index < -0.39 is 12.5 Å². The first kappa shape index (κ1) is 16.9. The lowest BCUT2D eigenvalue weighted by molar-refractivity contribution is -0.0499. The molecule has 0 heterocycles. The highest BCUT2D eigenvalue weighted by Gasteiger charge is 2.09. The molecule has 1 amide bonds. The Balaban J connectivity index is 2.09. The number of hydrazone groups is 1. The predicted molar refractivity (Wildman–Crippen MR) is 86.7 cm³/mol. The number of ether oxygens (including phenoxy) is 1. The van der Waals surface area contributed by atoms with Crippen LogP contribution >= 0.6 is 15.9 Å². The Hall–Kier alpha value is -2.48. The van der Waals surface area contributed by atoms with Crippen molar-refractivity contribution in [2.75, 3.05) is 5.73 Å². The number of nitrogen functional groups attached to an aromatic ring is 1. The van der Waals surface area contributed by atoms with Gasteiger partial charge in [0.2, 0.25) is 0 Å². The second kappa shape index (κ2) is 7.68. The van der Waals surface area contributed by atoms with Crippen LogP contribution in [-0.2, 0) is 0 Å². The third-order valence-corrected chi connectivity index (χ3v) is 3.22. The highest BCUT2D eigenvalue weighted by molar-refractivity contribution is 9.10.